The van der Waals surface area contributed by atoms with E-state index in [0.717, 1.165) is 24.8 Å². The molecule has 1 saturated heterocycles. The SMILES string of the molecule is COc1ccc([C@H](C2CC2)N2CCNCC2)cc1C. The zero-order chi connectivity index (χ0) is 13.2. The van der Waals surface area contributed by atoms with E-state index < -0.39 is 0 Å². The highest BCUT2D eigenvalue weighted by atomic mass is 16.5. The van der Waals surface area contributed by atoms with Gasteiger partial charge in [-0.25, -0.2) is 0 Å². The molecule has 1 aromatic rings. The normalized spacial score (nSPS) is 22.2. The fourth-order valence-corrected chi connectivity index (χ4v) is 3.24. The Kier molecular flexibility index (Phi) is 3.76. The topological polar surface area (TPSA) is 24.5 Å². The molecule has 1 aliphatic carbocycles. The van der Waals surface area contributed by atoms with E-state index in [1.807, 2.05) is 0 Å². The van der Waals surface area contributed by atoms with E-state index in [2.05, 4.69) is 35.3 Å². The van der Waals surface area contributed by atoms with Gasteiger partial charge in [-0.3, -0.25) is 4.90 Å². The molecule has 1 N–H and O–H groups in total. The Morgan fingerprint density at radius 1 is 1.26 bits per heavy atom. The highest BCUT2D eigenvalue weighted by Crippen LogP contribution is 2.45. The van der Waals surface area contributed by atoms with E-state index in [9.17, 15) is 0 Å². The van der Waals surface area contributed by atoms with Gasteiger partial charge in [-0.1, -0.05) is 12.1 Å². The zero-order valence-corrected chi connectivity index (χ0v) is 12.0. The molecule has 0 radical (unpaired) electrons. The second-order valence-corrected chi connectivity index (χ2v) is 5.80. The molecule has 0 unspecified atom stereocenters. The predicted molar refractivity (Wildman–Crippen MR) is 77.6 cm³/mol. The van der Waals surface area contributed by atoms with Crippen LogP contribution in [-0.4, -0.2) is 38.2 Å². The van der Waals surface area contributed by atoms with Crippen LogP contribution >= 0.6 is 0 Å². The van der Waals surface area contributed by atoms with Crippen molar-refractivity contribution in [2.45, 2.75) is 25.8 Å². The van der Waals surface area contributed by atoms with E-state index in [1.54, 1.807) is 7.11 Å². The summed E-state index contributed by atoms with van der Waals surface area (Å²) in [5, 5.41) is 3.45. The van der Waals surface area contributed by atoms with Gasteiger partial charge in [-0.2, -0.15) is 0 Å². The molecule has 0 spiro atoms. The maximum atomic E-state index is 5.38. The van der Waals surface area contributed by atoms with Crippen LogP contribution in [0.4, 0.5) is 0 Å². The molecule has 19 heavy (non-hydrogen) atoms. The average molecular weight is 260 g/mol. The minimum absolute atomic E-state index is 0.617. The molecule has 3 rings (SSSR count). The van der Waals surface area contributed by atoms with Crippen molar-refractivity contribution in [2.75, 3.05) is 33.3 Å². The van der Waals surface area contributed by atoms with Gasteiger partial charge in [0.05, 0.1) is 7.11 Å². The van der Waals surface area contributed by atoms with Crippen LogP contribution in [0.3, 0.4) is 0 Å². The molecule has 0 amide bonds. The summed E-state index contributed by atoms with van der Waals surface area (Å²) in [5.74, 6) is 1.87. The molecule has 3 nitrogen and oxygen atoms in total. The molecule has 2 aliphatic rings. The minimum atomic E-state index is 0.617. The lowest BCUT2D eigenvalue weighted by molar-refractivity contribution is 0.156. The Bertz CT molecular complexity index is 436. The number of benzene rings is 1. The first kappa shape index (κ1) is 12.9. The molecular weight excluding hydrogens is 236 g/mol. The van der Waals surface area contributed by atoms with Crippen LogP contribution in [0.1, 0.15) is 30.0 Å². The van der Waals surface area contributed by atoms with Crippen molar-refractivity contribution >= 4 is 0 Å². The lowest BCUT2D eigenvalue weighted by atomic mass is 9.98. The van der Waals surface area contributed by atoms with E-state index in [1.165, 1.54) is 37.1 Å². The van der Waals surface area contributed by atoms with Gasteiger partial charge < -0.3 is 10.1 Å². The highest BCUT2D eigenvalue weighted by Gasteiger charge is 2.36. The van der Waals surface area contributed by atoms with Crippen LogP contribution < -0.4 is 10.1 Å². The fourth-order valence-electron chi connectivity index (χ4n) is 3.24. The maximum Gasteiger partial charge on any atom is 0.121 e. The van der Waals surface area contributed by atoms with Gasteiger partial charge in [0.25, 0.3) is 0 Å². The number of rotatable bonds is 4. The maximum absolute atomic E-state index is 5.38. The van der Waals surface area contributed by atoms with Crippen molar-refractivity contribution in [3.05, 3.63) is 29.3 Å². The van der Waals surface area contributed by atoms with Crippen LogP contribution in [0.15, 0.2) is 18.2 Å². The smallest absolute Gasteiger partial charge is 0.121 e. The fraction of sp³-hybridized carbons (Fsp3) is 0.625. The molecule has 0 bridgehead atoms. The Labute approximate surface area is 115 Å². The number of nitrogens with one attached hydrogen (secondary N) is 1. The van der Waals surface area contributed by atoms with Crippen molar-refractivity contribution in [3.63, 3.8) is 0 Å². The Morgan fingerprint density at radius 2 is 2.00 bits per heavy atom. The molecule has 2 fully saturated rings. The number of nitrogens with zero attached hydrogens (tertiary/aromatic N) is 1. The zero-order valence-electron chi connectivity index (χ0n) is 12.0. The van der Waals surface area contributed by atoms with Crippen molar-refractivity contribution in [1.82, 2.24) is 10.2 Å². The molecule has 1 heterocycles. The molecule has 1 saturated carbocycles. The summed E-state index contributed by atoms with van der Waals surface area (Å²) in [5.41, 5.74) is 2.73. The molecule has 0 aromatic heterocycles. The summed E-state index contributed by atoms with van der Waals surface area (Å²) in [7, 11) is 1.75. The van der Waals surface area contributed by atoms with Gasteiger partial charge in [0.15, 0.2) is 0 Å². The first-order valence-electron chi connectivity index (χ1n) is 7.39. The lowest BCUT2D eigenvalue weighted by Gasteiger charge is -2.35. The second-order valence-electron chi connectivity index (χ2n) is 5.80. The van der Waals surface area contributed by atoms with Crippen LogP contribution in [0.25, 0.3) is 0 Å². The van der Waals surface area contributed by atoms with Gasteiger partial charge in [-0.15, -0.1) is 0 Å². The van der Waals surface area contributed by atoms with Crippen LogP contribution in [0.5, 0.6) is 5.75 Å². The molecule has 104 valence electrons. The minimum Gasteiger partial charge on any atom is -0.496 e. The first-order chi connectivity index (χ1) is 9.29. The second kappa shape index (κ2) is 5.51. The summed E-state index contributed by atoms with van der Waals surface area (Å²) >= 11 is 0. The Hall–Kier alpha value is -1.06. The number of piperazine rings is 1. The molecule has 3 heteroatoms. The number of ether oxygens (including phenoxy) is 1. The molecule has 1 aliphatic heterocycles. The summed E-state index contributed by atoms with van der Waals surface area (Å²) in [6, 6.07) is 7.33. The van der Waals surface area contributed by atoms with E-state index in [-0.39, 0.29) is 0 Å². The summed E-state index contributed by atoms with van der Waals surface area (Å²) < 4.78 is 5.38. The summed E-state index contributed by atoms with van der Waals surface area (Å²) in [4.78, 5) is 2.66. The van der Waals surface area contributed by atoms with Gasteiger partial charge in [0.2, 0.25) is 0 Å². The number of hydrogen-bond acceptors (Lipinski definition) is 3. The van der Waals surface area contributed by atoms with E-state index in [0.29, 0.717) is 6.04 Å². The third-order valence-electron chi connectivity index (χ3n) is 4.37. The number of hydrogen-bond donors (Lipinski definition) is 1. The number of methoxy groups -OCH3 is 1. The lowest BCUT2D eigenvalue weighted by Crippen LogP contribution is -2.45. The monoisotopic (exact) mass is 260 g/mol. The standard InChI is InChI=1S/C16H24N2O/c1-12-11-14(5-6-15(12)19-2)16(13-3-4-13)18-9-7-17-8-10-18/h5-6,11,13,16-17H,3-4,7-10H2,1-2H3/t16-/m0/s1. The van der Waals surface area contributed by atoms with Gasteiger partial charge in [-0.05, 0) is 42.9 Å². The Morgan fingerprint density at radius 3 is 2.58 bits per heavy atom. The van der Waals surface area contributed by atoms with Crippen molar-refractivity contribution < 1.29 is 4.74 Å². The van der Waals surface area contributed by atoms with Crippen molar-refractivity contribution in [2.24, 2.45) is 5.92 Å². The van der Waals surface area contributed by atoms with E-state index >= 15 is 0 Å². The summed E-state index contributed by atoms with van der Waals surface area (Å²) in [6.45, 7) is 6.74. The van der Waals surface area contributed by atoms with Gasteiger partial charge in [0.1, 0.15) is 5.75 Å². The quantitative estimate of drug-likeness (QED) is 0.899. The van der Waals surface area contributed by atoms with E-state index in [4.69, 9.17) is 4.74 Å². The van der Waals surface area contributed by atoms with Gasteiger partial charge in [0, 0.05) is 32.2 Å². The summed E-state index contributed by atoms with van der Waals surface area (Å²) in [6.07, 6.45) is 2.78. The van der Waals surface area contributed by atoms with Crippen LogP contribution in [-0.2, 0) is 0 Å². The molecule has 1 aromatic carbocycles. The number of aryl methyl sites for hydroxylation is 1. The first-order valence-corrected chi connectivity index (χ1v) is 7.39. The predicted octanol–water partition coefficient (Wildman–Crippen LogP) is 2.36. The van der Waals surface area contributed by atoms with Gasteiger partial charge >= 0.3 is 0 Å². The van der Waals surface area contributed by atoms with Crippen LogP contribution in [0.2, 0.25) is 0 Å². The Balaban J connectivity index is 1.84. The third kappa shape index (κ3) is 2.77. The van der Waals surface area contributed by atoms with Crippen LogP contribution in [0, 0.1) is 12.8 Å². The van der Waals surface area contributed by atoms with Crippen molar-refractivity contribution in [1.29, 1.82) is 0 Å². The molecular formula is C16H24N2O. The molecule has 1 atom stereocenters. The largest absolute Gasteiger partial charge is 0.496 e. The third-order valence-corrected chi connectivity index (χ3v) is 4.37. The van der Waals surface area contributed by atoms with Crippen molar-refractivity contribution in [3.8, 4) is 5.75 Å². The average Bonchev–Trinajstić information content (AvgIpc) is 3.25. The highest BCUT2D eigenvalue weighted by molar-refractivity contribution is 5.38.